The maximum atomic E-state index is 12.5. The first-order valence-electron chi connectivity index (χ1n) is 11.0. The summed E-state index contributed by atoms with van der Waals surface area (Å²) in [4.78, 5) is 43.6. The second-order valence-electron chi connectivity index (χ2n) is 8.47. The molecule has 2 atom stereocenters. The number of nitrogens with zero attached hydrogens (tertiary/aromatic N) is 4. The summed E-state index contributed by atoms with van der Waals surface area (Å²) in [7, 11) is 0. The highest BCUT2D eigenvalue weighted by atomic mass is 32.1. The molecule has 0 bridgehead atoms. The minimum absolute atomic E-state index is 0.213. The van der Waals surface area contributed by atoms with E-state index in [0.29, 0.717) is 18.3 Å². The van der Waals surface area contributed by atoms with Gasteiger partial charge >= 0.3 is 24.3 Å². The van der Waals surface area contributed by atoms with E-state index in [1.54, 1.807) is 17.5 Å². The van der Waals surface area contributed by atoms with Gasteiger partial charge in [-0.25, -0.2) is 14.6 Å². The Morgan fingerprint density at radius 1 is 0.947 bits per heavy atom. The smallest absolute Gasteiger partial charge is 0.475 e. The third-order valence-electron chi connectivity index (χ3n) is 5.51. The van der Waals surface area contributed by atoms with Crippen LogP contribution < -0.4 is 0 Å². The molecule has 4 heterocycles. The van der Waals surface area contributed by atoms with Crippen LogP contribution in [0.25, 0.3) is 0 Å². The number of amides is 1. The lowest BCUT2D eigenvalue weighted by molar-refractivity contribution is -0.193. The van der Waals surface area contributed by atoms with Crippen molar-refractivity contribution in [2.45, 2.75) is 32.2 Å². The fraction of sp³-hybridized carbons (Fsp3) is 0.500. The van der Waals surface area contributed by atoms with Crippen molar-refractivity contribution >= 4 is 29.2 Å². The molecule has 38 heavy (non-hydrogen) atoms. The Morgan fingerprint density at radius 3 is 1.87 bits per heavy atom. The molecule has 1 amide bonds. The van der Waals surface area contributed by atoms with Gasteiger partial charge in [0.2, 0.25) is 5.91 Å². The topological polar surface area (TPSA) is 124 Å². The van der Waals surface area contributed by atoms with E-state index in [1.165, 1.54) is 5.69 Å². The number of aromatic nitrogens is 2. The van der Waals surface area contributed by atoms with Gasteiger partial charge < -0.3 is 15.1 Å². The number of likely N-dealkylation sites (tertiary alicyclic amines) is 2. The average molecular weight is 571 g/mol. The number of hydrogen-bond acceptors (Lipinski definition) is 7. The van der Waals surface area contributed by atoms with Gasteiger partial charge in [-0.2, -0.15) is 26.3 Å². The van der Waals surface area contributed by atoms with Crippen LogP contribution in [0.15, 0.2) is 29.8 Å². The van der Waals surface area contributed by atoms with Crippen molar-refractivity contribution in [3.8, 4) is 0 Å². The summed E-state index contributed by atoms with van der Waals surface area (Å²) in [5.74, 6) is -4.08. The van der Waals surface area contributed by atoms with Crippen LogP contribution in [0.4, 0.5) is 26.3 Å². The van der Waals surface area contributed by atoms with E-state index in [9.17, 15) is 31.1 Å². The van der Waals surface area contributed by atoms with Gasteiger partial charge in [0, 0.05) is 50.0 Å². The lowest BCUT2D eigenvalue weighted by Gasteiger charge is -2.21. The highest BCUT2D eigenvalue weighted by molar-refractivity contribution is 7.09. The molecule has 0 unspecified atom stereocenters. The molecular weight excluding hydrogens is 546 g/mol. The number of hydrogen-bond donors (Lipinski definition) is 2. The Balaban J connectivity index is 0.000000301. The van der Waals surface area contributed by atoms with Crippen LogP contribution in [0.3, 0.4) is 0 Å². The lowest BCUT2D eigenvalue weighted by atomic mass is 10.0. The summed E-state index contributed by atoms with van der Waals surface area (Å²) in [6.45, 7) is 6.94. The molecule has 2 N–H and O–H groups in total. The maximum absolute atomic E-state index is 12.5. The zero-order valence-electron chi connectivity index (χ0n) is 19.9. The first-order valence-corrected chi connectivity index (χ1v) is 11.9. The molecule has 2 aliphatic heterocycles. The van der Waals surface area contributed by atoms with Gasteiger partial charge in [0.15, 0.2) is 0 Å². The summed E-state index contributed by atoms with van der Waals surface area (Å²) < 4.78 is 63.5. The number of carbonyl (C=O) groups excluding carboxylic acids is 1. The van der Waals surface area contributed by atoms with Crippen molar-refractivity contribution in [3.05, 3.63) is 46.2 Å². The van der Waals surface area contributed by atoms with Crippen LogP contribution in [-0.2, 0) is 27.3 Å². The number of fused-ring (bicyclic) bond motifs is 1. The first-order chi connectivity index (χ1) is 17.6. The van der Waals surface area contributed by atoms with E-state index >= 15 is 0 Å². The fourth-order valence-corrected chi connectivity index (χ4v) is 4.51. The van der Waals surface area contributed by atoms with Crippen LogP contribution in [0, 0.1) is 18.8 Å². The third kappa shape index (κ3) is 9.89. The predicted octanol–water partition coefficient (Wildman–Crippen LogP) is 3.25. The zero-order chi connectivity index (χ0) is 28.7. The van der Waals surface area contributed by atoms with Crippen molar-refractivity contribution in [3.63, 3.8) is 0 Å². The van der Waals surface area contributed by atoms with Gasteiger partial charge in [-0.1, -0.05) is 6.07 Å². The fourth-order valence-electron chi connectivity index (χ4n) is 3.90. The van der Waals surface area contributed by atoms with Crippen LogP contribution in [0.5, 0.6) is 0 Å². The monoisotopic (exact) mass is 570 g/mol. The highest BCUT2D eigenvalue weighted by Gasteiger charge is 2.41. The molecule has 9 nitrogen and oxygen atoms in total. The Labute approximate surface area is 216 Å². The molecule has 0 spiro atoms. The molecule has 4 rings (SSSR count). The van der Waals surface area contributed by atoms with Crippen molar-refractivity contribution in [1.29, 1.82) is 0 Å². The summed E-state index contributed by atoms with van der Waals surface area (Å²) in [6, 6.07) is 5.74. The first kappa shape index (κ1) is 31.0. The molecule has 2 aromatic rings. The molecule has 16 heteroatoms. The van der Waals surface area contributed by atoms with E-state index in [1.807, 2.05) is 23.1 Å². The Bertz CT molecular complexity index is 1060. The highest BCUT2D eigenvalue weighted by Crippen LogP contribution is 2.32. The number of halogens is 6. The van der Waals surface area contributed by atoms with Crippen molar-refractivity contribution in [1.82, 2.24) is 19.8 Å². The van der Waals surface area contributed by atoms with Gasteiger partial charge in [-0.05, 0) is 30.9 Å². The Hall–Kier alpha value is -3.27. The largest absolute Gasteiger partial charge is 0.490 e. The van der Waals surface area contributed by atoms with Crippen molar-refractivity contribution < 1.29 is 50.9 Å². The van der Waals surface area contributed by atoms with Crippen molar-refractivity contribution in [2.75, 3.05) is 26.2 Å². The molecule has 0 aromatic carbocycles. The second kappa shape index (κ2) is 13.0. The molecule has 0 aliphatic carbocycles. The van der Waals surface area contributed by atoms with Crippen LogP contribution in [0.2, 0.25) is 0 Å². The SMILES string of the molecule is Cc1nc(CN2C[C@@H]3CN(C(=O)Cc4ccccn4)C[C@@H]3C2)cs1.O=C(O)C(F)(F)F.O=C(O)C(F)(F)F. The molecular formula is C22H24F6N4O5S. The molecule has 210 valence electrons. The van der Waals surface area contributed by atoms with Gasteiger partial charge in [-0.15, -0.1) is 11.3 Å². The molecule has 0 saturated carbocycles. The minimum atomic E-state index is -5.08. The predicted molar refractivity (Wildman–Crippen MR) is 121 cm³/mol. The molecule has 2 aromatic heterocycles. The van der Waals surface area contributed by atoms with Gasteiger partial charge in [-0.3, -0.25) is 14.7 Å². The number of alkyl halides is 6. The number of carboxylic acid groups (broad SMARTS) is 2. The van der Waals surface area contributed by atoms with Gasteiger partial charge in [0.1, 0.15) is 0 Å². The van der Waals surface area contributed by atoms with Crippen LogP contribution in [0.1, 0.15) is 16.4 Å². The Kier molecular flexibility index (Phi) is 10.6. The van der Waals surface area contributed by atoms with E-state index in [4.69, 9.17) is 19.8 Å². The van der Waals surface area contributed by atoms with Gasteiger partial charge in [0.25, 0.3) is 0 Å². The zero-order valence-corrected chi connectivity index (χ0v) is 20.7. The number of rotatable bonds is 4. The van der Waals surface area contributed by atoms with E-state index < -0.39 is 24.3 Å². The maximum Gasteiger partial charge on any atom is 0.490 e. The molecule has 2 saturated heterocycles. The number of carbonyl (C=O) groups is 3. The van der Waals surface area contributed by atoms with Crippen molar-refractivity contribution in [2.24, 2.45) is 11.8 Å². The quantitative estimate of drug-likeness (QED) is 0.537. The molecule has 2 fully saturated rings. The number of thiazole rings is 1. The molecule has 0 radical (unpaired) electrons. The normalized spacial score (nSPS) is 19.1. The number of carboxylic acids is 2. The Morgan fingerprint density at radius 2 is 1.47 bits per heavy atom. The van der Waals surface area contributed by atoms with Crippen LogP contribution in [-0.4, -0.2) is 86.4 Å². The second-order valence-corrected chi connectivity index (χ2v) is 9.54. The van der Waals surface area contributed by atoms with Gasteiger partial charge in [0.05, 0.1) is 17.1 Å². The summed E-state index contributed by atoms with van der Waals surface area (Å²) in [5.41, 5.74) is 2.04. The van der Waals surface area contributed by atoms with E-state index in [-0.39, 0.29) is 5.91 Å². The standard InChI is InChI=1S/C18H22N4OS.2C2HF3O2/c1-13-20-17(12-24-13)11-21-7-14-9-22(10-15(14)8-21)18(23)6-16-4-2-3-5-19-16;2*3-2(4,5)1(6)7/h2-5,12,14-15H,6-11H2,1H3;2*(H,6,7)/t14-,15+;;. The molecule has 2 aliphatic rings. The summed E-state index contributed by atoms with van der Waals surface area (Å²) in [5, 5.41) is 17.5. The van der Waals surface area contributed by atoms with E-state index in [2.05, 4.69) is 27.2 Å². The van der Waals surface area contributed by atoms with Crippen LogP contribution >= 0.6 is 11.3 Å². The third-order valence-corrected chi connectivity index (χ3v) is 6.33. The van der Waals surface area contributed by atoms with E-state index in [0.717, 1.165) is 43.4 Å². The lowest BCUT2D eigenvalue weighted by Crippen LogP contribution is -2.34. The summed E-state index contributed by atoms with van der Waals surface area (Å²) >= 11 is 1.72. The number of aliphatic carboxylic acids is 2. The summed E-state index contributed by atoms with van der Waals surface area (Å²) in [6.07, 6.45) is -8.00. The minimum Gasteiger partial charge on any atom is -0.475 e. The average Bonchev–Trinajstić information content (AvgIpc) is 3.49. The number of pyridine rings is 1. The number of aryl methyl sites for hydroxylation is 1.